The second-order valence-corrected chi connectivity index (χ2v) is 7.83. The highest BCUT2D eigenvalue weighted by Crippen LogP contribution is 2.22. The Bertz CT molecular complexity index is 669. The van der Waals surface area contributed by atoms with E-state index in [9.17, 15) is 13.2 Å². The van der Waals surface area contributed by atoms with Gasteiger partial charge in [-0.2, -0.15) is 0 Å². The molecule has 0 aliphatic carbocycles. The first-order valence-electron chi connectivity index (χ1n) is 7.61. The fourth-order valence-electron chi connectivity index (χ4n) is 3.28. The Morgan fingerprint density at radius 1 is 1.23 bits per heavy atom. The summed E-state index contributed by atoms with van der Waals surface area (Å²) >= 11 is 0. The van der Waals surface area contributed by atoms with Gasteiger partial charge in [0, 0.05) is 31.8 Å². The van der Waals surface area contributed by atoms with Crippen LogP contribution >= 0.6 is 0 Å². The number of hydrogen-bond acceptors (Lipinski definition) is 5. The van der Waals surface area contributed by atoms with Crippen molar-refractivity contribution < 1.29 is 13.2 Å². The van der Waals surface area contributed by atoms with E-state index in [1.807, 2.05) is 0 Å². The monoisotopic (exact) mass is 327 g/mol. The Labute approximate surface area is 129 Å². The number of likely N-dealkylation sites (tertiary alicyclic amines) is 1. The predicted octanol–water partition coefficient (Wildman–Crippen LogP) is -0.358. The van der Waals surface area contributed by atoms with Gasteiger partial charge in [-0.05, 0) is 12.8 Å². The lowest BCUT2D eigenvalue weighted by Gasteiger charge is -2.16. The zero-order valence-corrected chi connectivity index (χ0v) is 13.3. The van der Waals surface area contributed by atoms with Gasteiger partial charge in [-0.3, -0.25) is 4.79 Å². The Balaban J connectivity index is 1.69. The van der Waals surface area contributed by atoms with Gasteiger partial charge in [-0.15, -0.1) is 10.2 Å². The maximum Gasteiger partial charge on any atom is 0.223 e. The van der Waals surface area contributed by atoms with Crippen LogP contribution in [0.3, 0.4) is 0 Å². The molecule has 0 radical (unpaired) electrons. The predicted molar refractivity (Wildman–Crippen MR) is 79.1 cm³/mol. The summed E-state index contributed by atoms with van der Waals surface area (Å²) in [6.07, 6.45) is 4.56. The van der Waals surface area contributed by atoms with Gasteiger partial charge in [-0.1, -0.05) is 6.42 Å². The Morgan fingerprint density at radius 2 is 2.05 bits per heavy atom. The molecule has 1 saturated heterocycles. The molecule has 0 saturated carbocycles. The highest BCUT2D eigenvalue weighted by Gasteiger charge is 2.33. The van der Waals surface area contributed by atoms with Crippen LogP contribution in [-0.2, 0) is 34.3 Å². The molecule has 2 aliphatic heterocycles. The van der Waals surface area contributed by atoms with Gasteiger partial charge in [0.25, 0.3) is 0 Å². The number of nitrogens with two attached hydrogens (primary N) is 1. The number of fused-ring (bicyclic) bond motifs is 1. The summed E-state index contributed by atoms with van der Waals surface area (Å²) in [4.78, 5) is 13.7. The number of primary sulfonamides is 1. The van der Waals surface area contributed by atoms with Crippen molar-refractivity contribution in [3.8, 4) is 0 Å². The number of rotatable bonds is 4. The van der Waals surface area contributed by atoms with Crippen LogP contribution in [0.5, 0.6) is 0 Å². The molecule has 0 spiro atoms. The average molecular weight is 327 g/mol. The Morgan fingerprint density at radius 3 is 2.82 bits per heavy atom. The first kappa shape index (κ1) is 15.4. The number of aromatic nitrogens is 3. The van der Waals surface area contributed by atoms with Crippen molar-refractivity contribution in [1.82, 2.24) is 19.7 Å². The van der Waals surface area contributed by atoms with Gasteiger partial charge in [0.05, 0.1) is 12.3 Å². The van der Waals surface area contributed by atoms with E-state index >= 15 is 0 Å². The zero-order valence-electron chi connectivity index (χ0n) is 12.4. The minimum absolute atomic E-state index is 0.0420. The topological polar surface area (TPSA) is 111 Å². The highest BCUT2D eigenvalue weighted by atomic mass is 32.2. The lowest BCUT2D eigenvalue weighted by atomic mass is 10.1. The summed E-state index contributed by atoms with van der Waals surface area (Å²) in [6.45, 7) is 1.70. The SMILES string of the molecule is NS(=O)(=O)CC1CC(=O)N(Cc2nnc3n2CCCCC3)C1. The van der Waals surface area contributed by atoms with Crippen LogP contribution in [0.15, 0.2) is 0 Å². The van der Waals surface area contributed by atoms with E-state index in [1.165, 1.54) is 6.42 Å². The molecule has 122 valence electrons. The third kappa shape index (κ3) is 3.46. The quantitative estimate of drug-likeness (QED) is 0.812. The summed E-state index contributed by atoms with van der Waals surface area (Å²) in [5.41, 5.74) is 0. The molecule has 9 heteroatoms. The lowest BCUT2D eigenvalue weighted by molar-refractivity contribution is -0.128. The molecule has 1 unspecified atom stereocenters. The van der Waals surface area contributed by atoms with Gasteiger partial charge in [0.2, 0.25) is 15.9 Å². The standard InChI is InChI=1S/C13H21N5O3S/c14-22(20,21)9-10-6-13(19)17(7-10)8-12-16-15-11-4-2-1-3-5-18(11)12/h10H,1-9H2,(H2,14,20,21). The summed E-state index contributed by atoms with van der Waals surface area (Å²) in [6, 6.07) is 0. The molecule has 1 amide bonds. The number of nitrogens with zero attached hydrogens (tertiary/aromatic N) is 4. The fourth-order valence-corrected chi connectivity index (χ4v) is 4.16. The van der Waals surface area contributed by atoms with Crippen molar-refractivity contribution in [2.45, 2.75) is 45.2 Å². The number of hydrogen-bond donors (Lipinski definition) is 1. The molecular formula is C13H21N5O3S. The molecule has 3 heterocycles. The first-order chi connectivity index (χ1) is 10.4. The lowest BCUT2D eigenvalue weighted by Crippen LogP contribution is -2.28. The number of aryl methyl sites for hydroxylation is 1. The number of carbonyl (C=O) groups excluding carboxylic acids is 1. The van der Waals surface area contributed by atoms with Crippen molar-refractivity contribution in [3.63, 3.8) is 0 Å². The largest absolute Gasteiger partial charge is 0.335 e. The van der Waals surface area contributed by atoms with Crippen LogP contribution in [0.25, 0.3) is 0 Å². The van der Waals surface area contributed by atoms with Crippen molar-refractivity contribution in [2.24, 2.45) is 11.1 Å². The van der Waals surface area contributed by atoms with Crippen molar-refractivity contribution in [3.05, 3.63) is 11.6 Å². The maximum atomic E-state index is 12.1. The number of sulfonamides is 1. The van der Waals surface area contributed by atoms with E-state index in [1.54, 1.807) is 4.90 Å². The van der Waals surface area contributed by atoms with Gasteiger partial charge in [-0.25, -0.2) is 13.6 Å². The summed E-state index contributed by atoms with van der Waals surface area (Å²) in [5.74, 6) is 1.36. The van der Waals surface area contributed by atoms with Crippen LogP contribution in [-0.4, -0.2) is 46.3 Å². The normalized spacial score (nSPS) is 22.7. The fraction of sp³-hybridized carbons (Fsp3) is 0.769. The molecule has 1 aromatic rings. The molecular weight excluding hydrogens is 306 g/mol. The third-order valence-electron chi connectivity index (χ3n) is 4.28. The summed E-state index contributed by atoms with van der Waals surface area (Å²) in [5, 5.41) is 13.5. The second kappa shape index (κ2) is 5.96. The highest BCUT2D eigenvalue weighted by molar-refractivity contribution is 7.89. The molecule has 22 heavy (non-hydrogen) atoms. The van der Waals surface area contributed by atoms with Crippen LogP contribution in [0.1, 0.15) is 37.3 Å². The average Bonchev–Trinajstić information content (AvgIpc) is 2.84. The van der Waals surface area contributed by atoms with Crippen LogP contribution in [0, 0.1) is 5.92 Å². The van der Waals surface area contributed by atoms with Gasteiger partial charge >= 0.3 is 0 Å². The van der Waals surface area contributed by atoms with Crippen molar-refractivity contribution >= 4 is 15.9 Å². The van der Waals surface area contributed by atoms with Crippen molar-refractivity contribution in [2.75, 3.05) is 12.3 Å². The van der Waals surface area contributed by atoms with Crippen LogP contribution in [0.4, 0.5) is 0 Å². The number of carbonyl (C=O) groups is 1. The summed E-state index contributed by atoms with van der Waals surface area (Å²) in [7, 11) is -3.55. The van der Waals surface area contributed by atoms with Crippen LogP contribution < -0.4 is 5.14 Å². The second-order valence-electron chi connectivity index (χ2n) is 6.17. The Kier molecular flexibility index (Phi) is 4.18. The molecule has 2 aliphatic rings. The molecule has 1 fully saturated rings. The molecule has 1 aromatic heterocycles. The molecule has 8 nitrogen and oxygen atoms in total. The van der Waals surface area contributed by atoms with Gasteiger partial charge in [0.15, 0.2) is 5.82 Å². The smallest absolute Gasteiger partial charge is 0.223 e. The first-order valence-corrected chi connectivity index (χ1v) is 9.33. The Hall–Kier alpha value is -1.48. The van der Waals surface area contributed by atoms with Crippen molar-refractivity contribution in [1.29, 1.82) is 0 Å². The minimum Gasteiger partial charge on any atom is -0.335 e. The van der Waals surface area contributed by atoms with E-state index in [0.717, 1.165) is 37.5 Å². The zero-order chi connectivity index (χ0) is 15.7. The molecule has 0 aromatic carbocycles. The van der Waals surface area contributed by atoms with Gasteiger partial charge in [0.1, 0.15) is 5.82 Å². The third-order valence-corrected chi connectivity index (χ3v) is 5.22. The summed E-state index contributed by atoms with van der Waals surface area (Å²) < 4.78 is 24.4. The molecule has 2 N–H and O–H groups in total. The van der Waals surface area contributed by atoms with E-state index in [-0.39, 0.29) is 24.0 Å². The van der Waals surface area contributed by atoms with E-state index in [4.69, 9.17) is 5.14 Å². The molecule has 3 rings (SSSR count). The van der Waals surface area contributed by atoms with E-state index < -0.39 is 10.0 Å². The van der Waals surface area contributed by atoms with E-state index in [0.29, 0.717) is 13.1 Å². The maximum absolute atomic E-state index is 12.1. The molecule has 0 bridgehead atoms. The van der Waals surface area contributed by atoms with E-state index in [2.05, 4.69) is 14.8 Å². The number of amides is 1. The molecule has 1 atom stereocenters. The van der Waals surface area contributed by atoms with Crippen LogP contribution in [0.2, 0.25) is 0 Å². The minimum atomic E-state index is -3.55. The van der Waals surface area contributed by atoms with Gasteiger partial charge < -0.3 is 9.47 Å².